The fourth-order valence-electron chi connectivity index (χ4n) is 4.72. The molecule has 1 heterocycles. The molecule has 1 aliphatic heterocycles. The summed E-state index contributed by atoms with van der Waals surface area (Å²) in [6.07, 6.45) is 3.30. The van der Waals surface area contributed by atoms with E-state index in [2.05, 4.69) is 24.3 Å². The average molecular weight is 393 g/mol. The number of fused-ring (bicyclic) bond motifs is 3. The Bertz CT molecular complexity index is 838. The lowest BCUT2D eigenvalue weighted by atomic mass is 9.92. The van der Waals surface area contributed by atoms with Crippen molar-refractivity contribution in [3.8, 4) is 11.1 Å². The Morgan fingerprint density at radius 1 is 0.931 bits per heavy atom. The lowest BCUT2D eigenvalue weighted by Crippen LogP contribution is -2.36. The number of amides is 1. The molecule has 1 N–H and O–H groups in total. The van der Waals surface area contributed by atoms with Crippen LogP contribution in [0.25, 0.3) is 11.1 Å². The van der Waals surface area contributed by atoms with Crippen LogP contribution in [0.5, 0.6) is 0 Å². The zero-order chi connectivity index (χ0) is 20.2. The quantitative estimate of drug-likeness (QED) is 0.802. The molecule has 29 heavy (non-hydrogen) atoms. The maximum atomic E-state index is 12.7. The SMILES string of the molecule is O=C(O)CC1CCCN(C(=O)OCC2c3ccccc3-c3ccccc32)CCC1. The van der Waals surface area contributed by atoms with Gasteiger partial charge in [0.1, 0.15) is 6.61 Å². The van der Waals surface area contributed by atoms with E-state index in [-0.39, 0.29) is 24.3 Å². The Labute approximate surface area is 171 Å². The third-order valence-corrected chi connectivity index (χ3v) is 6.14. The van der Waals surface area contributed by atoms with E-state index in [1.165, 1.54) is 22.3 Å². The van der Waals surface area contributed by atoms with Gasteiger partial charge in [-0.25, -0.2) is 4.79 Å². The first-order valence-corrected chi connectivity index (χ1v) is 10.4. The second-order valence-electron chi connectivity index (χ2n) is 8.04. The van der Waals surface area contributed by atoms with Crippen molar-refractivity contribution in [2.24, 2.45) is 5.92 Å². The Balaban J connectivity index is 1.37. The first kappa shape index (κ1) is 19.5. The first-order valence-electron chi connectivity index (χ1n) is 10.4. The largest absolute Gasteiger partial charge is 0.481 e. The van der Waals surface area contributed by atoms with Gasteiger partial charge in [0.05, 0.1) is 0 Å². The molecule has 2 aliphatic rings. The summed E-state index contributed by atoms with van der Waals surface area (Å²) in [6, 6.07) is 16.6. The maximum absolute atomic E-state index is 12.7. The van der Waals surface area contributed by atoms with Gasteiger partial charge in [0.25, 0.3) is 0 Å². The lowest BCUT2D eigenvalue weighted by molar-refractivity contribution is -0.138. The van der Waals surface area contributed by atoms with Crippen molar-refractivity contribution in [3.63, 3.8) is 0 Å². The van der Waals surface area contributed by atoms with E-state index >= 15 is 0 Å². The summed E-state index contributed by atoms with van der Waals surface area (Å²) < 4.78 is 5.76. The predicted molar refractivity (Wildman–Crippen MR) is 111 cm³/mol. The van der Waals surface area contributed by atoms with Crippen LogP contribution in [0.1, 0.15) is 49.1 Å². The molecule has 152 valence electrons. The highest BCUT2D eigenvalue weighted by Gasteiger charge is 2.30. The van der Waals surface area contributed by atoms with Crippen molar-refractivity contribution < 1.29 is 19.4 Å². The molecular weight excluding hydrogens is 366 g/mol. The predicted octanol–water partition coefficient (Wildman–Crippen LogP) is 4.90. The van der Waals surface area contributed by atoms with Crippen molar-refractivity contribution in [2.75, 3.05) is 19.7 Å². The van der Waals surface area contributed by atoms with E-state index in [1.54, 1.807) is 4.90 Å². The van der Waals surface area contributed by atoms with Gasteiger partial charge in [-0.05, 0) is 53.9 Å². The van der Waals surface area contributed by atoms with Gasteiger partial charge in [-0.3, -0.25) is 4.79 Å². The fourth-order valence-corrected chi connectivity index (χ4v) is 4.72. The van der Waals surface area contributed by atoms with E-state index in [1.807, 2.05) is 24.3 Å². The monoisotopic (exact) mass is 393 g/mol. The van der Waals surface area contributed by atoms with Crippen LogP contribution >= 0.6 is 0 Å². The number of nitrogens with zero attached hydrogens (tertiary/aromatic N) is 1. The number of hydrogen-bond acceptors (Lipinski definition) is 3. The summed E-state index contributed by atoms with van der Waals surface area (Å²) in [5, 5.41) is 9.00. The van der Waals surface area contributed by atoms with E-state index in [0.29, 0.717) is 19.7 Å². The molecule has 1 amide bonds. The van der Waals surface area contributed by atoms with Gasteiger partial charge in [-0.15, -0.1) is 0 Å². The molecule has 5 nitrogen and oxygen atoms in total. The number of carboxylic acids is 1. The molecule has 0 saturated carbocycles. The Morgan fingerprint density at radius 2 is 1.48 bits per heavy atom. The number of hydrogen-bond donors (Lipinski definition) is 1. The number of benzene rings is 2. The number of likely N-dealkylation sites (tertiary alicyclic amines) is 1. The van der Waals surface area contributed by atoms with Gasteiger partial charge in [-0.2, -0.15) is 0 Å². The van der Waals surface area contributed by atoms with Crippen molar-refractivity contribution in [1.82, 2.24) is 4.90 Å². The zero-order valence-electron chi connectivity index (χ0n) is 16.5. The summed E-state index contributed by atoms with van der Waals surface area (Å²) in [5.74, 6) is -0.442. The average Bonchev–Trinajstić information content (AvgIpc) is 3.02. The van der Waals surface area contributed by atoms with Gasteiger partial charge in [0.2, 0.25) is 0 Å². The number of ether oxygens (including phenoxy) is 1. The Hall–Kier alpha value is -2.82. The second-order valence-corrected chi connectivity index (χ2v) is 8.04. The van der Waals surface area contributed by atoms with Gasteiger partial charge in [0.15, 0.2) is 0 Å². The molecular formula is C24H27NO4. The topological polar surface area (TPSA) is 66.8 Å². The molecule has 5 heteroatoms. The van der Waals surface area contributed by atoms with Crippen LogP contribution in [0.4, 0.5) is 4.79 Å². The second kappa shape index (κ2) is 8.68. The molecule has 0 atom stereocenters. The molecule has 0 bridgehead atoms. The molecule has 0 radical (unpaired) electrons. The molecule has 2 aromatic carbocycles. The number of carbonyl (C=O) groups excluding carboxylic acids is 1. The van der Waals surface area contributed by atoms with Crippen LogP contribution in [-0.4, -0.2) is 41.8 Å². The fraction of sp³-hybridized carbons (Fsp3) is 0.417. The summed E-state index contributed by atoms with van der Waals surface area (Å²) in [6.45, 7) is 1.60. The van der Waals surface area contributed by atoms with E-state index in [0.717, 1.165) is 25.7 Å². The Morgan fingerprint density at radius 3 is 2.03 bits per heavy atom. The molecule has 1 fully saturated rings. The number of carboxylic acid groups (broad SMARTS) is 1. The van der Waals surface area contributed by atoms with Gasteiger partial charge < -0.3 is 14.7 Å². The highest BCUT2D eigenvalue weighted by Crippen LogP contribution is 2.44. The normalized spacial score (nSPS) is 17.2. The summed E-state index contributed by atoms with van der Waals surface area (Å²) in [4.78, 5) is 25.4. The molecule has 4 rings (SSSR count). The van der Waals surface area contributed by atoms with E-state index < -0.39 is 5.97 Å². The van der Waals surface area contributed by atoms with Crippen molar-refractivity contribution >= 4 is 12.1 Å². The molecule has 0 unspecified atom stereocenters. The third kappa shape index (κ3) is 4.29. The van der Waals surface area contributed by atoms with Gasteiger partial charge in [-0.1, -0.05) is 48.5 Å². The van der Waals surface area contributed by atoms with Crippen molar-refractivity contribution in [3.05, 3.63) is 59.7 Å². The van der Waals surface area contributed by atoms with Crippen molar-refractivity contribution in [2.45, 2.75) is 38.0 Å². The third-order valence-electron chi connectivity index (χ3n) is 6.14. The summed E-state index contributed by atoms with van der Waals surface area (Å²) in [5.41, 5.74) is 4.87. The summed E-state index contributed by atoms with van der Waals surface area (Å²) in [7, 11) is 0. The molecule has 1 aliphatic carbocycles. The van der Waals surface area contributed by atoms with Crippen LogP contribution in [0.3, 0.4) is 0 Å². The molecule has 0 aromatic heterocycles. The van der Waals surface area contributed by atoms with E-state index in [4.69, 9.17) is 9.84 Å². The number of carbonyl (C=O) groups is 2. The minimum Gasteiger partial charge on any atom is -0.481 e. The molecule has 2 aromatic rings. The zero-order valence-corrected chi connectivity index (χ0v) is 16.5. The van der Waals surface area contributed by atoms with Crippen LogP contribution in [0.15, 0.2) is 48.5 Å². The summed E-state index contributed by atoms with van der Waals surface area (Å²) >= 11 is 0. The van der Waals surface area contributed by atoms with Crippen LogP contribution < -0.4 is 0 Å². The molecule has 1 saturated heterocycles. The van der Waals surface area contributed by atoms with Crippen LogP contribution in [0, 0.1) is 5.92 Å². The standard InChI is InChI=1S/C24H27NO4/c26-23(27)15-17-7-5-13-25(14-6-8-17)24(28)29-16-22-20-11-3-1-9-18(20)19-10-2-4-12-21(19)22/h1-4,9-12,17,22H,5-8,13-16H2,(H,26,27). The highest BCUT2D eigenvalue weighted by atomic mass is 16.6. The minimum atomic E-state index is -0.732. The maximum Gasteiger partial charge on any atom is 0.409 e. The highest BCUT2D eigenvalue weighted by molar-refractivity contribution is 5.79. The van der Waals surface area contributed by atoms with Crippen LogP contribution in [0.2, 0.25) is 0 Å². The smallest absolute Gasteiger partial charge is 0.409 e. The van der Waals surface area contributed by atoms with Gasteiger partial charge >= 0.3 is 12.1 Å². The van der Waals surface area contributed by atoms with Crippen molar-refractivity contribution in [1.29, 1.82) is 0 Å². The molecule has 0 spiro atoms. The van der Waals surface area contributed by atoms with E-state index in [9.17, 15) is 9.59 Å². The minimum absolute atomic E-state index is 0.0704. The first-order chi connectivity index (χ1) is 14.1. The number of aliphatic carboxylic acids is 1. The van der Waals surface area contributed by atoms with Gasteiger partial charge in [0, 0.05) is 25.4 Å². The lowest BCUT2D eigenvalue weighted by Gasteiger charge is -2.27. The Kier molecular flexibility index (Phi) is 5.84. The number of rotatable bonds is 4. The van der Waals surface area contributed by atoms with Crippen LogP contribution in [-0.2, 0) is 9.53 Å².